The molecule has 28 heavy (non-hydrogen) atoms. The molecule has 0 unspecified atom stereocenters. The maximum absolute atomic E-state index is 12.8. The predicted octanol–water partition coefficient (Wildman–Crippen LogP) is 3.56. The van der Waals surface area contributed by atoms with Crippen LogP contribution in [0, 0.1) is 10.1 Å². The van der Waals surface area contributed by atoms with Crippen LogP contribution in [0.2, 0.25) is 5.02 Å². The van der Waals surface area contributed by atoms with E-state index in [2.05, 4.69) is 0 Å². The lowest BCUT2D eigenvalue weighted by Gasteiger charge is -2.21. The molecular weight excluding hydrogens is 428 g/mol. The SMILES string of the molecule is CN(S(=O)(=O)c1ccc(C(C)(C)C)cc1)S(=O)(=O)c1ccc(Cl)c([N+](=O)[O-])c1. The lowest BCUT2D eigenvalue weighted by molar-refractivity contribution is -0.384. The molecule has 11 heteroatoms. The Bertz CT molecular complexity index is 1120. The molecule has 0 N–H and O–H groups in total. The Morgan fingerprint density at radius 3 is 1.86 bits per heavy atom. The van der Waals surface area contributed by atoms with Crippen molar-refractivity contribution in [2.24, 2.45) is 0 Å². The van der Waals surface area contributed by atoms with Crippen molar-refractivity contribution >= 4 is 37.3 Å². The van der Waals surface area contributed by atoms with Gasteiger partial charge in [0.05, 0.1) is 14.7 Å². The van der Waals surface area contributed by atoms with Gasteiger partial charge in [-0.1, -0.05) is 48.2 Å². The first-order valence-electron chi connectivity index (χ1n) is 7.97. The van der Waals surface area contributed by atoms with Crippen LogP contribution in [-0.4, -0.2) is 32.5 Å². The topological polar surface area (TPSA) is 115 Å². The number of halogens is 1. The summed E-state index contributed by atoms with van der Waals surface area (Å²) in [4.78, 5) is 9.38. The first-order chi connectivity index (χ1) is 12.7. The largest absolute Gasteiger partial charge is 0.289 e. The van der Waals surface area contributed by atoms with E-state index in [-0.39, 0.29) is 19.0 Å². The Morgan fingerprint density at radius 1 is 0.929 bits per heavy atom. The summed E-state index contributed by atoms with van der Waals surface area (Å²) in [5.41, 5.74) is 0.0380. The molecule has 2 aromatic rings. The summed E-state index contributed by atoms with van der Waals surface area (Å²) in [6.07, 6.45) is 0. The van der Waals surface area contributed by atoms with E-state index in [1.165, 1.54) is 12.1 Å². The summed E-state index contributed by atoms with van der Waals surface area (Å²) >= 11 is 5.69. The molecule has 0 aliphatic rings. The highest BCUT2D eigenvalue weighted by molar-refractivity contribution is 8.04. The summed E-state index contributed by atoms with van der Waals surface area (Å²) in [5, 5.41) is 10.7. The molecule has 152 valence electrons. The average Bonchev–Trinajstić information content (AvgIpc) is 2.60. The highest BCUT2D eigenvalue weighted by atomic mass is 35.5. The fourth-order valence-corrected chi connectivity index (χ4v) is 5.66. The van der Waals surface area contributed by atoms with Crippen LogP contribution in [0.3, 0.4) is 0 Å². The number of hydrogen-bond acceptors (Lipinski definition) is 6. The molecule has 0 atom stereocenters. The van der Waals surface area contributed by atoms with Gasteiger partial charge in [0.1, 0.15) is 5.02 Å². The van der Waals surface area contributed by atoms with Gasteiger partial charge in [0, 0.05) is 13.1 Å². The van der Waals surface area contributed by atoms with E-state index in [0.29, 0.717) is 0 Å². The van der Waals surface area contributed by atoms with Gasteiger partial charge in [-0.25, -0.2) is 16.8 Å². The molecule has 0 amide bonds. The van der Waals surface area contributed by atoms with Crippen LogP contribution in [0.4, 0.5) is 5.69 Å². The summed E-state index contributed by atoms with van der Waals surface area (Å²) in [7, 11) is -8.10. The van der Waals surface area contributed by atoms with Crippen molar-refractivity contribution in [2.45, 2.75) is 36.0 Å². The van der Waals surface area contributed by atoms with Crippen LogP contribution >= 0.6 is 11.6 Å². The zero-order chi connectivity index (χ0) is 21.5. The summed E-state index contributed by atoms with van der Waals surface area (Å²) < 4.78 is 51.3. The molecule has 8 nitrogen and oxygen atoms in total. The van der Waals surface area contributed by atoms with E-state index < -0.39 is 35.6 Å². The third kappa shape index (κ3) is 4.19. The van der Waals surface area contributed by atoms with Gasteiger partial charge >= 0.3 is 0 Å². The number of nitro benzene ring substituents is 1. The number of nitrogens with zero attached hydrogens (tertiary/aromatic N) is 2. The van der Waals surface area contributed by atoms with Gasteiger partial charge in [-0.05, 0) is 35.2 Å². The monoisotopic (exact) mass is 446 g/mol. The number of sulfonamides is 2. The average molecular weight is 447 g/mol. The van der Waals surface area contributed by atoms with Crippen LogP contribution in [0.1, 0.15) is 26.3 Å². The Kier molecular flexibility index (Phi) is 5.91. The molecule has 2 rings (SSSR count). The zero-order valence-electron chi connectivity index (χ0n) is 15.6. The van der Waals surface area contributed by atoms with Crippen molar-refractivity contribution in [3.05, 3.63) is 63.2 Å². The molecule has 0 fully saturated rings. The Morgan fingerprint density at radius 2 is 1.39 bits per heavy atom. The van der Waals surface area contributed by atoms with E-state index >= 15 is 0 Å². The number of rotatable bonds is 5. The summed E-state index contributed by atoms with van der Waals surface area (Å²) in [5.74, 6) is 0. The molecule has 0 saturated carbocycles. The summed E-state index contributed by atoms with van der Waals surface area (Å²) in [6, 6.07) is 8.65. The second kappa shape index (κ2) is 7.43. The van der Waals surface area contributed by atoms with Gasteiger partial charge in [0.15, 0.2) is 0 Å². The molecular formula is C17H19ClN2O6S2. The lowest BCUT2D eigenvalue weighted by Crippen LogP contribution is -2.33. The standard InChI is InChI=1S/C17H19ClN2O6S2/c1-17(2,3)12-5-7-13(8-6-12)27(23,24)19(4)28(25,26)14-9-10-15(18)16(11-14)20(21)22/h5-11H,1-4H3. The molecule has 2 aromatic carbocycles. The van der Waals surface area contributed by atoms with Crippen molar-refractivity contribution in [1.82, 2.24) is 3.71 Å². The van der Waals surface area contributed by atoms with Crippen molar-refractivity contribution in [3.63, 3.8) is 0 Å². The van der Waals surface area contributed by atoms with Crippen LogP contribution in [0.15, 0.2) is 52.3 Å². The molecule has 0 bridgehead atoms. The Balaban J connectivity index is 2.49. The number of nitro groups is 1. The van der Waals surface area contributed by atoms with Gasteiger partial charge in [0.2, 0.25) is 0 Å². The maximum atomic E-state index is 12.8. The van der Waals surface area contributed by atoms with Crippen molar-refractivity contribution in [1.29, 1.82) is 0 Å². The normalized spacial score (nSPS) is 12.9. The first kappa shape index (κ1) is 22.3. The predicted molar refractivity (Wildman–Crippen MR) is 105 cm³/mol. The maximum Gasteiger partial charge on any atom is 0.289 e. The minimum Gasteiger partial charge on any atom is -0.258 e. The fraction of sp³-hybridized carbons (Fsp3) is 0.294. The molecule has 0 saturated heterocycles. The molecule has 0 heterocycles. The van der Waals surface area contributed by atoms with Crippen LogP contribution in [0.25, 0.3) is 0 Å². The van der Waals surface area contributed by atoms with Crippen LogP contribution in [0.5, 0.6) is 0 Å². The van der Waals surface area contributed by atoms with Crippen LogP contribution in [-0.2, 0) is 25.5 Å². The quantitative estimate of drug-likeness (QED) is 0.512. The number of hydrogen-bond donors (Lipinski definition) is 0. The number of benzene rings is 2. The molecule has 0 aliphatic carbocycles. The van der Waals surface area contributed by atoms with E-state index in [4.69, 9.17) is 11.6 Å². The highest BCUT2D eigenvalue weighted by Gasteiger charge is 2.34. The van der Waals surface area contributed by atoms with Crippen molar-refractivity contribution < 1.29 is 21.8 Å². The molecule has 0 radical (unpaired) electrons. The smallest absolute Gasteiger partial charge is 0.258 e. The van der Waals surface area contributed by atoms with Gasteiger partial charge in [-0.2, -0.15) is 0 Å². The van der Waals surface area contributed by atoms with E-state index in [1.807, 2.05) is 20.8 Å². The lowest BCUT2D eigenvalue weighted by atomic mass is 9.87. The zero-order valence-corrected chi connectivity index (χ0v) is 18.0. The van der Waals surface area contributed by atoms with Crippen molar-refractivity contribution in [3.8, 4) is 0 Å². The molecule has 0 aromatic heterocycles. The highest BCUT2D eigenvalue weighted by Crippen LogP contribution is 2.30. The Hall–Kier alpha value is -2.01. The van der Waals surface area contributed by atoms with Gasteiger partial charge in [-0.15, -0.1) is 0 Å². The fourth-order valence-electron chi connectivity index (χ4n) is 2.35. The third-order valence-corrected chi connectivity index (χ3v) is 8.68. The second-order valence-electron chi connectivity index (χ2n) is 7.03. The molecule has 0 aliphatic heterocycles. The second-order valence-corrected chi connectivity index (χ2v) is 11.6. The minimum absolute atomic E-state index is 0.194. The van der Waals surface area contributed by atoms with E-state index in [1.54, 1.807) is 12.1 Å². The van der Waals surface area contributed by atoms with Crippen molar-refractivity contribution in [2.75, 3.05) is 7.05 Å². The summed E-state index contributed by atoms with van der Waals surface area (Å²) in [6.45, 7) is 5.88. The third-order valence-electron chi connectivity index (χ3n) is 4.11. The minimum atomic E-state index is -4.57. The first-order valence-corrected chi connectivity index (χ1v) is 11.2. The van der Waals surface area contributed by atoms with E-state index in [9.17, 15) is 26.9 Å². The van der Waals surface area contributed by atoms with Gasteiger partial charge in [-0.3, -0.25) is 10.1 Å². The van der Waals surface area contributed by atoms with Crippen LogP contribution < -0.4 is 0 Å². The van der Waals surface area contributed by atoms with E-state index in [0.717, 1.165) is 30.8 Å². The Labute approximate surface area is 169 Å². The molecule has 0 spiro atoms. The van der Waals surface area contributed by atoms with Gasteiger partial charge in [0.25, 0.3) is 25.7 Å². The van der Waals surface area contributed by atoms with Gasteiger partial charge < -0.3 is 0 Å².